The monoisotopic (exact) mass is 358 g/mol. The predicted octanol–water partition coefficient (Wildman–Crippen LogP) is 3.92. The molecule has 0 aromatic heterocycles. The maximum absolute atomic E-state index is 9.59. The first kappa shape index (κ1) is 20.3. The smallest absolute Gasteiger partial charge is 0.119 e. The Morgan fingerprint density at radius 2 is 1.23 bits per heavy atom. The van der Waals surface area contributed by atoms with E-state index in [0.29, 0.717) is 13.0 Å². The Balaban J connectivity index is 2.06. The first-order valence-corrected chi connectivity index (χ1v) is 9.15. The van der Waals surface area contributed by atoms with Crippen LogP contribution in [0.1, 0.15) is 45.2 Å². The van der Waals surface area contributed by atoms with Crippen LogP contribution >= 0.6 is 0 Å². The second-order valence-corrected chi connectivity index (χ2v) is 7.21. The molecule has 2 aromatic carbocycles. The van der Waals surface area contributed by atoms with E-state index in [1.54, 1.807) is 6.92 Å². The number of hydrogen-bond acceptors (Lipinski definition) is 4. The average Bonchev–Trinajstić information content (AvgIpc) is 2.65. The molecule has 4 nitrogen and oxygen atoms in total. The summed E-state index contributed by atoms with van der Waals surface area (Å²) in [6.07, 6.45) is -0.229. The molecule has 2 aromatic rings. The van der Waals surface area contributed by atoms with Gasteiger partial charge in [0.15, 0.2) is 0 Å². The highest BCUT2D eigenvalue weighted by Crippen LogP contribution is 2.33. The third-order valence-corrected chi connectivity index (χ3v) is 4.56. The molecule has 2 rings (SSSR count). The fourth-order valence-corrected chi connectivity index (χ4v) is 2.63. The van der Waals surface area contributed by atoms with Crippen LogP contribution in [0.15, 0.2) is 48.5 Å². The molecular formula is C22H30O4. The van der Waals surface area contributed by atoms with Crippen molar-refractivity contribution in [2.45, 2.75) is 51.7 Å². The number of benzene rings is 2. The van der Waals surface area contributed by atoms with E-state index in [2.05, 4.69) is 38.1 Å². The van der Waals surface area contributed by atoms with Crippen LogP contribution in [0.5, 0.6) is 11.5 Å². The highest BCUT2D eigenvalue weighted by atomic mass is 16.5. The van der Waals surface area contributed by atoms with Crippen molar-refractivity contribution >= 4 is 0 Å². The topological polar surface area (TPSA) is 58.9 Å². The summed E-state index contributed by atoms with van der Waals surface area (Å²) >= 11 is 0. The van der Waals surface area contributed by atoms with E-state index in [0.717, 1.165) is 11.5 Å². The quantitative estimate of drug-likeness (QED) is 0.713. The molecule has 0 radical (unpaired) electrons. The Labute approximate surface area is 156 Å². The molecule has 0 heterocycles. The van der Waals surface area contributed by atoms with Gasteiger partial charge in [0.05, 0.1) is 12.2 Å². The summed E-state index contributed by atoms with van der Waals surface area (Å²) in [5.41, 5.74) is 2.19. The SMILES string of the molecule is CCC(O)COc1ccc(C(C)(C)c2ccc(OCC(C)O)cc2)cc1. The first-order valence-electron chi connectivity index (χ1n) is 9.15. The van der Waals surface area contributed by atoms with E-state index in [1.807, 2.05) is 31.2 Å². The van der Waals surface area contributed by atoms with Crippen LogP contribution < -0.4 is 9.47 Å². The van der Waals surface area contributed by atoms with Crippen molar-refractivity contribution in [1.82, 2.24) is 0 Å². The van der Waals surface area contributed by atoms with Gasteiger partial charge in [0.2, 0.25) is 0 Å². The van der Waals surface area contributed by atoms with Gasteiger partial charge in [-0.2, -0.15) is 0 Å². The van der Waals surface area contributed by atoms with Crippen LogP contribution in [0.2, 0.25) is 0 Å². The van der Waals surface area contributed by atoms with Gasteiger partial charge in [-0.25, -0.2) is 0 Å². The molecule has 142 valence electrons. The predicted molar refractivity (Wildman–Crippen MR) is 104 cm³/mol. The number of rotatable bonds is 9. The summed E-state index contributed by atoms with van der Waals surface area (Å²) in [5.74, 6) is 1.52. The highest BCUT2D eigenvalue weighted by Gasteiger charge is 2.23. The van der Waals surface area contributed by atoms with Crippen LogP contribution in [0.3, 0.4) is 0 Å². The Kier molecular flexibility index (Phi) is 7.06. The van der Waals surface area contributed by atoms with Crippen LogP contribution in [0, 0.1) is 0 Å². The second kappa shape index (κ2) is 9.06. The standard InChI is InChI=1S/C22H30O4/c1-5-19(24)15-26-21-12-8-18(9-13-21)22(3,4)17-6-10-20(11-7-17)25-14-16(2)23/h6-13,16,19,23-24H,5,14-15H2,1-4H3. The van der Waals surface area contributed by atoms with E-state index in [1.165, 1.54) is 11.1 Å². The van der Waals surface area contributed by atoms with E-state index >= 15 is 0 Å². The molecular weight excluding hydrogens is 328 g/mol. The molecule has 0 saturated carbocycles. The molecule has 0 aliphatic carbocycles. The lowest BCUT2D eigenvalue weighted by Crippen LogP contribution is -2.19. The Morgan fingerprint density at radius 1 is 0.808 bits per heavy atom. The Hall–Kier alpha value is -2.04. The molecule has 0 amide bonds. The van der Waals surface area contributed by atoms with Crippen LogP contribution in [0.4, 0.5) is 0 Å². The number of aliphatic hydroxyl groups is 2. The zero-order valence-electron chi connectivity index (χ0n) is 16.1. The zero-order chi connectivity index (χ0) is 19.2. The molecule has 26 heavy (non-hydrogen) atoms. The maximum Gasteiger partial charge on any atom is 0.119 e. The van der Waals surface area contributed by atoms with Gasteiger partial charge in [0, 0.05) is 5.41 Å². The van der Waals surface area contributed by atoms with Gasteiger partial charge < -0.3 is 19.7 Å². The van der Waals surface area contributed by atoms with Crippen molar-refractivity contribution in [3.05, 3.63) is 59.7 Å². The van der Waals surface area contributed by atoms with Crippen molar-refractivity contribution in [1.29, 1.82) is 0 Å². The highest BCUT2D eigenvalue weighted by molar-refractivity contribution is 5.41. The van der Waals surface area contributed by atoms with Gasteiger partial charge in [-0.1, -0.05) is 45.0 Å². The third-order valence-electron chi connectivity index (χ3n) is 4.56. The number of ether oxygens (including phenoxy) is 2. The van der Waals surface area contributed by atoms with Gasteiger partial charge in [0.25, 0.3) is 0 Å². The maximum atomic E-state index is 9.59. The lowest BCUT2D eigenvalue weighted by atomic mass is 9.78. The van der Waals surface area contributed by atoms with Crippen molar-refractivity contribution in [2.24, 2.45) is 0 Å². The summed E-state index contributed by atoms with van der Waals surface area (Å²) in [7, 11) is 0. The molecule has 0 bridgehead atoms. The minimum absolute atomic E-state index is 0.162. The van der Waals surface area contributed by atoms with Gasteiger partial charge in [-0.15, -0.1) is 0 Å². The molecule has 0 fully saturated rings. The lowest BCUT2D eigenvalue weighted by molar-refractivity contribution is 0.104. The largest absolute Gasteiger partial charge is 0.491 e. The molecule has 0 aliphatic heterocycles. The van der Waals surface area contributed by atoms with Crippen molar-refractivity contribution in [2.75, 3.05) is 13.2 Å². The summed E-state index contributed by atoms with van der Waals surface area (Å²) in [5, 5.41) is 18.9. The molecule has 0 spiro atoms. The van der Waals surface area contributed by atoms with Crippen molar-refractivity contribution < 1.29 is 19.7 Å². The fraction of sp³-hybridized carbons (Fsp3) is 0.455. The average molecular weight is 358 g/mol. The molecule has 0 aliphatic rings. The van der Waals surface area contributed by atoms with Gasteiger partial charge in [-0.3, -0.25) is 0 Å². The van der Waals surface area contributed by atoms with Crippen LogP contribution in [-0.4, -0.2) is 35.6 Å². The third kappa shape index (κ3) is 5.48. The summed E-state index contributed by atoms with van der Waals surface area (Å²) < 4.78 is 11.1. The van der Waals surface area contributed by atoms with Crippen molar-refractivity contribution in [3.8, 4) is 11.5 Å². The molecule has 2 atom stereocenters. The van der Waals surface area contributed by atoms with Crippen LogP contribution in [0.25, 0.3) is 0 Å². The Bertz CT molecular complexity index is 660. The number of aliphatic hydroxyl groups excluding tert-OH is 2. The van der Waals surface area contributed by atoms with Crippen molar-refractivity contribution in [3.63, 3.8) is 0 Å². The Morgan fingerprint density at radius 3 is 1.62 bits per heavy atom. The minimum Gasteiger partial charge on any atom is -0.491 e. The van der Waals surface area contributed by atoms with E-state index in [4.69, 9.17) is 9.47 Å². The molecule has 2 N–H and O–H groups in total. The zero-order valence-corrected chi connectivity index (χ0v) is 16.1. The van der Waals surface area contributed by atoms with E-state index < -0.39 is 12.2 Å². The molecule has 2 unspecified atom stereocenters. The van der Waals surface area contributed by atoms with E-state index in [9.17, 15) is 10.2 Å². The van der Waals surface area contributed by atoms with E-state index in [-0.39, 0.29) is 12.0 Å². The van der Waals surface area contributed by atoms with Gasteiger partial charge >= 0.3 is 0 Å². The first-order chi connectivity index (χ1) is 12.3. The molecule has 4 heteroatoms. The minimum atomic E-state index is -0.481. The summed E-state index contributed by atoms with van der Waals surface area (Å²) in [6, 6.07) is 16.0. The lowest BCUT2D eigenvalue weighted by Gasteiger charge is -2.26. The second-order valence-electron chi connectivity index (χ2n) is 7.21. The van der Waals surface area contributed by atoms with Gasteiger partial charge in [0.1, 0.15) is 24.7 Å². The summed E-state index contributed by atoms with van der Waals surface area (Å²) in [4.78, 5) is 0. The normalized spacial score (nSPS) is 13.9. The van der Waals surface area contributed by atoms with Gasteiger partial charge in [-0.05, 0) is 48.7 Å². The molecule has 0 saturated heterocycles. The fourth-order valence-electron chi connectivity index (χ4n) is 2.63. The van der Waals surface area contributed by atoms with Crippen LogP contribution in [-0.2, 0) is 5.41 Å². The summed E-state index contributed by atoms with van der Waals surface area (Å²) in [6.45, 7) is 8.59. The number of hydrogen-bond donors (Lipinski definition) is 2.